The van der Waals surface area contributed by atoms with E-state index in [0.717, 1.165) is 27.9 Å². The van der Waals surface area contributed by atoms with Crippen molar-refractivity contribution in [3.8, 4) is 28.4 Å². The summed E-state index contributed by atoms with van der Waals surface area (Å²) in [5.41, 5.74) is 4.81. The van der Waals surface area contributed by atoms with E-state index in [0.29, 0.717) is 23.0 Å². The molecule has 4 aromatic rings. The molecule has 5 rings (SSSR count). The van der Waals surface area contributed by atoms with E-state index < -0.39 is 17.8 Å². The van der Waals surface area contributed by atoms with Gasteiger partial charge in [0.25, 0.3) is 0 Å². The summed E-state index contributed by atoms with van der Waals surface area (Å²) < 4.78 is 12.9. The van der Waals surface area contributed by atoms with Gasteiger partial charge in [0.2, 0.25) is 5.91 Å². The molecule has 1 aliphatic heterocycles. The molecule has 1 aromatic heterocycles. The molecule has 0 saturated carbocycles. The number of carboxylic acid groups (broad SMARTS) is 1. The van der Waals surface area contributed by atoms with Crippen LogP contribution in [0, 0.1) is 6.92 Å². The second kappa shape index (κ2) is 10.6. The van der Waals surface area contributed by atoms with Gasteiger partial charge in [0.05, 0.1) is 36.6 Å². The van der Waals surface area contributed by atoms with Gasteiger partial charge in [-0.1, -0.05) is 42.5 Å². The van der Waals surface area contributed by atoms with Crippen molar-refractivity contribution in [1.82, 2.24) is 9.78 Å². The zero-order valence-corrected chi connectivity index (χ0v) is 22.1. The minimum atomic E-state index is -1.11. The van der Waals surface area contributed by atoms with E-state index in [4.69, 9.17) is 14.6 Å². The minimum Gasteiger partial charge on any atom is -0.497 e. The highest BCUT2D eigenvalue weighted by Crippen LogP contribution is 2.51. The Balaban J connectivity index is 1.88. The topological polar surface area (TPSA) is 93.9 Å². The second-order valence-electron chi connectivity index (χ2n) is 8.88. The molecule has 8 nitrogen and oxygen atoms in total. The van der Waals surface area contributed by atoms with Crippen molar-refractivity contribution in [2.75, 3.05) is 31.4 Å². The number of anilines is 1. The summed E-state index contributed by atoms with van der Waals surface area (Å²) in [5, 5.41) is 14.4. The van der Waals surface area contributed by atoms with E-state index in [9.17, 15) is 14.7 Å². The highest BCUT2D eigenvalue weighted by molar-refractivity contribution is 8.00. The molecule has 1 N–H and O–H groups in total. The van der Waals surface area contributed by atoms with Gasteiger partial charge in [-0.25, -0.2) is 4.68 Å². The lowest BCUT2D eigenvalue weighted by Gasteiger charge is -2.22. The van der Waals surface area contributed by atoms with Crippen molar-refractivity contribution in [2.45, 2.75) is 12.2 Å². The van der Waals surface area contributed by atoms with Gasteiger partial charge < -0.3 is 14.6 Å². The maximum absolute atomic E-state index is 13.5. The Labute approximate surface area is 224 Å². The van der Waals surface area contributed by atoms with Crippen LogP contribution in [0.25, 0.3) is 16.9 Å². The third kappa shape index (κ3) is 4.72. The summed E-state index contributed by atoms with van der Waals surface area (Å²) in [4.78, 5) is 26.8. The highest BCUT2D eigenvalue weighted by atomic mass is 32.2. The molecular formula is C29H27N3O5S. The number of carboxylic acids is 1. The summed E-state index contributed by atoms with van der Waals surface area (Å²) in [6.45, 7) is 1.49. The Morgan fingerprint density at radius 3 is 2.53 bits per heavy atom. The van der Waals surface area contributed by atoms with Crippen LogP contribution in [0.3, 0.4) is 0 Å². The summed E-state index contributed by atoms with van der Waals surface area (Å²) in [6.07, 6.45) is 0. The number of carbonyl (C=O) groups is 2. The third-order valence-electron chi connectivity index (χ3n) is 6.40. The van der Waals surface area contributed by atoms with E-state index in [1.54, 1.807) is 18.9 Å². The van der Waals surface area contributed by atoms with E-state index in [1.807, 2.05) is 79.7 Å². The standard InChI is InChI=1S/C29H27N3O5S/c1-18-8-7-11-20(14-18)32-29-26(27(30-32)19-9-5-4-6-10-19)28(38-17-24(33)31(29)16-25(34)35)22-15-21(36-2)12-13-23(22)37-3/h4-15,28H,16-17H2,1-3H3,(H,34,35). The normalized spacial score (nSPS) is 15.1. The molecule has 0 fully saturated rings. The predicted octanol–water partition coefficient (Wildman–Crippen LogP) is 5.12. The summed E-state index contributed by atoms with van der Waals surface area (Å²) in [7, 11) is 3.20. The first kappa shape index (κ1) is 25.4. The van der Waals surface area contributed by atoms with E-state index in [-0.39, 0.29) is 11.7 Å². The van der Waals surface area contributed by atoms with Crippen molar-refractivity contribution in [2.24, 2.45) is 0 Å². The lowest BCUT2D eigenvalue weighted by molar-refractivity contribution is -0.136. The average molecular weight is 530 g/mol. The van der Waals surface area contributed by atoms with Crippen LogP contribution < -0.4 is 14.4 Å². The van der Waals surface area contributed by atoms with Crippen LogP contribution in [0.1, 0.15) is 21.9 Å². The highest BCUT2D eigenvalue weighted by Gasteiger charge is 2.38. The van der Waals surface area contributed by atoms with Crippen LogP contribution in [0.15, 0.2) is 72.8 Å². The molecule has 38 heavy (non-hydrogen) atoms. The fourth-order valence-corrected chi connectivity index (χ4v) is 5.91. The van der Waals surface area contributed by atoms with Crippen LogP contribution in [0.2, 0.25) is 0 Å². The molecule has 3 aromatic carbocycles. The van der Waals surface area contributed by atoms with Crippen LogP contribution in [-0.2, 0) is 9.59 Å². The number of carbonyl (C=O) groups excluding carboxylic acids is 1. The molecule has 1 atom stereocenters. The SMILES string of the molecule is COc1ccc(OC)c(C2SCC(=O)N(CC(=O)O)c3c2c(-c2ccccc2)nn3-c2cccc(C)c2)c1. The number of benzene rings is 3. The molecule has 0 saturated heterocycles. The van der Waals surface area contributed by atoms with E-state index in [2.05, 4.69) is 0 Å². The second-order valence-corrected chi connectivity index (χ2v) is 9.97. The van der Waals surface area contributed by atoms with Gasteiger partial charge in [-0.05, 0) is 42.8 Å². The number of ether oxygens (including phenoxy) is 2. The fraction of sp³-hybridized carbons (Fsp3) is 0.207. The Bertz CT molecular complexity index is 1500. The number of rotatable bonds is 7. The summed E-state index contributed by atoms with van der Waals surface area (Å²) in [5.74, 6) is 0.377. The molecule has 1 aliphatic rings. The van der Waals surface area contributed by atoms with E-state index in [1.165, 1.54) is 16.7 Å². The molecule has 1 unspecified atom stereocenters. The third-order valence-corrected chi connectivity index (χ3v) is 7.63. The lowest BCUT2D eigenvalue weighted by atomic mass is 9.98. The number of aliphatic carboxylic acids is 1. The van der Waals surface area contributed by atoms with E-state index >= 15 is 0 Å². The maximum Gasteiger partial charge on any atom is 0.323 e. The number of thioether (sulfide) groups is 1. The Morgan fingerprint density at radius 1 is 1.05 bits per heavy atom. The number of amides is 1. The van der Waals surface area contributed by atoms with Crippen LogP contribution in [0.5, 0.6) is 11.5 Å². The summed E-state index contributed by atoms with van der Waals surface area (Å²) in [6, 6.07) is 23.0. The first-order valence-electron chi connectivity index (χ1n) is 12.0. The predicted molar refractivity (Wildman–Crippen MR) is 148 cm³/mol. The molecule has 0 bridgehead atoms. The first-order valence-corrected chi connectivity index (χ1v) is 13.1. The van der Waals surface area contributed by atoms with Gasteiger partial charge in [0.1, 0.15) is 23.9 Å². The van der Waals surface area contributed by atoms with Crippen molar-refractivity contribution >= 4 is 29.5 Å². The summed E-state index contributed by atoms with van der Waals surface area (Å²) >= 11 is 1.41. The number of fused-ring (bicyclic) bond motifs is 1. The Morgan fingerprint density at radius 2 is 1.84 bits per heavy atom. The quantitative estimate of drug-likeness (QED) is 0.355. The Hall–Kier alpha value is -4.24. The first-order chi connectivity index (χ1) is 18.4. The molecule has 9 heteroatoms. The Kier molecular flexibility index (Phi) is 7.11. The number of aromatic nitrogens is 2. The average Bonchev–Trinajstić information content (AvgIpc) is 3.26. The van der Waals surface area contributed by atoms with Crippen LogP contribution >= 0.6 is 11.8 Å². The molecule has 0 aliphatic carbocycles. The molecule has 0 spiro atoms. The van der Waals surface area contributed by atoms with Gasteiger partial charge in [0, 0.05) is 16.7 Å². The number of methoxy groups -OCH3 is 2. The van der Waals surface area contributed by atoms with Crippen LogP contribution in [0.4, 0.5) is 5.82 Å². The number of hydrogen-bond donors (Lipinski definition) is 1. The zero-order chi connectivity index (χ0) is 26.8. The molecule has 1 amide bonds. The van der Waals surface area contributed by atoms with Crippen LogP contribution in [-0.4, -0.2) is 53.3 Å². The van der Waals surface area contributed by atoms with Gasteiger partial charge in [-0.15, -0.1) is 11.8 Å². The zero-order valence-electron chi connectivity index (χ0n) is 21.2. The molecular weight excluding hydrogens is 502 g/mol. The minimum absolute atomic E-state index is 0.0784. The number of hydrogen-bond acceptors (Lipinski definition) is 6. The molecule has 0 radical (unpaired) electrons. The van der Waals surface area contributed by atoms with Gasteiger partial charge >= 0.3 is 5.97 Å². The van der Waals surface area contributed by atoms with Crippen molar-refractivity contribution < 1.29 is 24.2 Å². The smallest absolute Gasteiger partial charge is 0.323 e. The van der Waals surface area contributed by atoms with Gasteiger partial charge in [-0.2, -0.15) is 5.10 Å². The maximum atomic E-state index is 13.5. The van der Waals surface area contributed by atoms with Crippen molar-refractivity contribution in [3.05, 3.63) is 89.5 Å². The fourth-order valence-electron chi connectivity index (χ4n) is 4.69. The largest absolute Gasteiger partial charge is 0.497 e. The monoisotopic (exact) mass is 529 g/mol. The lowest BCUT2D eigenvalue weighted by Crippen LogP contribution is -2.38. The van der Waals surface area contributed by atoms with Gasteiger partial charge in [-0.3, -0.25) is 14.5 Å². The molecule has 194 valence electrons. The van der Waals surface area contributed by atoms with Crippen molar-refractivity contribution in [3.63, 3.8) is 0 Å². The van der Waals surface area contributed by atoms with Gasteiger partial charge in [0.15, 0.2) is 0 Å². The number of nitrogens with zero attached hydrogens (tertiary/aromatic N) is 3. The molecule has 2 heterocycles. The van der Waals surface area contributed by atoms with Crippen molar-refractivity contribution in [1.29, 1.82) is 0 Å². The number of aryl methyl sites for hydroxylation is 1.